The van der Waals surface area contributed by atoms with Crippen molar-refractivity contribution >= 4 is 11.6 Å². The average molecular weight is 413 g/mol. The molecule has 3 rings (SSSR count). The smallest absolute Gasteiger partial charge is 0.417 e. The van der Waals surface area contributed by atoms with Crippen LogP contribution in [0.1, 0.15) is 36.1 Å². The monoisotopic (exact) mass is 412 g/mol. The van der Waals surface area contributed by atoms with Crippen molar-refractivity contribution in [1.82, 2.24) is 10.2 Å². The molecule has 0 amide bonds. The SMILES string of the molecule is CCOc1ccccc1C(c1ccc(Cl)c(C(F)(F)F)c1)N1CCCNCC1. The average Bonchev–Trinajstić information content (AvgIpc) is 2.93. The molecule has 0 aromatic heterocycles. The molecule has 2 aromatic carbocycles. The number of para-hydroxylation sites is 1. The Morgan fingerprint density at radius 1 is 1.14 bits per heavy atom. The molecule has 0 radical (unpaired) electrons. The van der Waals surface area contributed by atoms with Crippen LogP contribution in [0.4, 0.5) is 13.2 Å². The second kappa shape index (κ2) is 9.16. The number of ether oxygens (including phenoxy) is 1. The zero-order valence-electron chi connectivity index (χ0n) is 15.7. The van der Waals surface area contributed by atoms with Crippen LogP contribution in [0.3, 0.4) is 0 Å². The molecule has 1 N–H and O–H groups in total. The highest BCUT2D eigenvalue weighted by atomic mass is 35.5. The van der Waals surface area contributed by atoms with Gasteiger partial charge in [0.15, 0.2) is 0 Å². The summed E-state index contributed by atoms with van der Waals surface area (Å²) in [6, 6.07) is 11.4. The van der Waals surface area contributed by atoms with E-state index in [2.05, 4.69) is 10.2 Å². The van der Waals surface area contributed by atoms with Crippen molar-refractivity contribution in [2.75, 3.05) is 32.8 Å². The van der Waals surface area contributed by atoms with E-state index < -0.39 is 11.7 Å². The van der Waals surface area contributed by atoms with Gasteiger partial charge in [0.25, 0.3) is 0 Å². The summed E-state index contributed by atoms with van der Waals surface area (Å²) in [5, 5.41) is 3.06. The Bertz CT molecular complexity index is 789. The van der Waals surface area contributed by atoms with Crippen molar-refractivity contribution in [3.8, 4) is 5.75 Å². The molecule has 1 unspecified atom stereocenters. The third-order valence-corrected chi connectivity index (χ3v) is 5.19. The molecular formula is C21H24ClF3N2O. The summed E-state index contributed by atoms with van der Waals surface area (Å²) in [5.41, 5.74) is 0.617. The van der Waals surface area contributed by atoms with E-state index in [1.807, 2.05) is 31.2 Å². The van der Waals surface area contributed by atoms with Crippen LogP contribution in [-0.4, -0.2) is 37.7 Å². The van der Waals surface area contributed by atoms with Gasteiger partial charge in [0.2, 0.25) is 0 Å². The van der Waals surface area contributed by atoms with E-state index >= 15 is 0 Å². The molecule has 7 heteroatoms. The van der Waals surface area contributed by atoms with Crippen LogP contribution in [0, 0.1) is 0 Å². The Morgan fingerprint density at radius 2 is 1.93 bits per heavy atom. The molecule has 1 aliphatic rings. The van der Waals surface area contributed by atoms with Gasteiger partial charge < -0.3 is 10.1 Å². The van der Waals surface area contributed by atoms with Gasteiger partial charge in [-0.2, -0.15) is 13.2 Å². The zero-order chi connectivity index (χ0) is 20.1. The van der Waals surface area contributed by atoms with Gasteiger partial charge in [-0.05, 0) is 43.7 Å². The second-order valence-corrected chi connectivity index (χ2v) is 7.16. The molecule has 0 bridgehead atoms. The lowest BCUT2D eigenvalue weighted by molar-refractivity contribution is -0.137. The number of hydrogen-bond acceptors (Lipinski definition) is 3. The number of nitrogens with zero attached hydrogens (tertiary/aromatic N) is 1. The number of halogens is 4. The second-order valence-electron chi connectivity index (χ2n) is 6.75. The third kappa shape index (κ3) is 4.80. The van der Waals surface area contributed by atoms with Crippen LogP contribution in [0.5, 0.6) is 5.75 Å². The molecule has 2 aromatic rings. The van der Waals surface area contributed by atoms with Crippen LogP contribution in [0.15, 0.2) is 42.5 Å². The zero-order valence-corrected chi connectivity index (χ0v) is 16.5. The number of benzene rings is 2. The minimum absolute atomic E-state index is 0.286. The van der Waals surface area contributed by atoms with Crippen LogP contribution in [-0.2, 0) is 6.18 Å². The van der Waals surface area contributed by atoms with Gasteiger partial charge in [0.05, 0.1) is 23.2 Å². The number of nitrogens with one attached hydrogen (secondary N) is 1. The van der Waals surface area contributed by atoms with Crippen molar-refractivity contribution in [2.24, 2.45) is 0 Å². The van der Waals surface area contributed by atoms with Gasteiger partial charge in [-0.1, -0.05) is 35.9 Å². The van der Waals surface area contributed by atoms with E-state index in [9.17, 15) is 13.2 Å². The highest BCUT2D eigenvalue weighted by Crippen LogP contribution is 2.40. The minimum Gasteiger partial charge on any atom is -0.494 e. The van der Waals surface area contributed by atoms with Gasteiger partial charge in [-0.25, -0.2) is 0 Å². The van der Waals surface area contributed by atoms with E-state index in [1.54, 1.807) is 6.07 Å². The lowest BCUT2D eigenvalue weighted by Crippen LogP contribution is -2.33. The largest absolute Gasteiger partial charge is 0.494 e. The fourth-order valence-corrected chi connectivity index (χ4v) is 3.86. The van der Waals surface area contributed by atoms with Crippen LogP contribution < -0.4 is 10.1 Å². The van der Waals surface area contributed by atoms with Crippen molar-refractivity contribution in [2.45, 2.75) is 25.6 Å². The summed E-state index contributed by atoms with van der Waals surface area (Å²) in [6.07, 6.45) is -3.58. The van der Waals surface area contributed by atoms with E-state index in [4.69, 9.17) is 16.3 Å². The number of rotatable bonds is 5. The molecule has 1 aliphatic heterocycles. The number of alkyl halides is 3. The summed E-state index contributed by atoms with van der Waals surface area (Å²) in [4.78, 5) is 2.21. The predicted molar refractivity (Wildman–Crippen MR) is 105 cm³/mol. The van der Waals surface area contributed by atoms with Gasteiger partial charge >= 0.3 is 6.18 Å². The molecule has 152 valence electrons. The van der Waals surface area contributed by atoms with E-state index in [-0.39, 0.29) is 11.1 Å². The van der Waals surface area contributed by atoms with Crippen LogP contribution >= 0.6 is 11.6 Å². The summed E-state index contributed by atoms with van der Waals surface area (Å²) in [7, 11) is 0. The Kier molecular flexibility index (Phi) is 6.86. The molecule has 1 fully saturated rings. The molecule has 1 atom stereocenters. The maximum Gasteiger partial charge on any atom is 0.417 e. The molecule has 0 aliphatic carbocycles. The summed E-state index contributed by atoms with van der Waals surface area (Å²) < 4.78 is 46.2. The molecule has 3 nitrogen and oxygen atoms in total. The first-order chi connectivity index (χ1) is 13.4. The Balaban J connectivity index is 2.12. The predicted octanol–water partition coefficient (Wildman–Crippen LogP) is 5.14. The number of hydrogen-bond donors (Lipinski definition) is 1. The maximum atomic E-state index is 13.5. The van der Waals surface area contributed by atoms with E-state index in [0.29, 0.717) is 17.9 Å². The topological polar surface area (TPSA) is 24.5 Å². The first-order valence-electron chi connectivity index (χ1n) is 9.45. The fourth-order valence-electron chi connectivity index (χ4n) is 3.64. The van der Waals surface area contributed by atoms with Crippen molar-refractivity contribution in [1.29, 1.82) is 0 Å². The van der Waals surface area contributed by atoms with Gasteiger partial charge in [0, 0.05) is 25.2 Å². The molecule has 1 saturated heterocycles. The van der Waals surface area contributed by atoms with Crippen molar-refractivity contribution in [3.63, 3.8) is 0 Å². The maximum absolute atomic E-state index is 13.5. The minimum atomic E-state index is -4.50. The molecule has 0 spiro atoms. The fraction of sp³-hybridized carbons (Fsp3) is 0.429. The first kappa shape index (κ1) is 21.0. The summed E-state index contributed by atoms with van der Waals surface area (Å²) in [6.45, 7) is 5.57. The van der Waals surface area contributed by atoms with Gasteiger partial charge in [-0.15, -0.1) is 0 Å². The highest BCUT2D eigenvalue weighted by Gasteiger charge is 2.35. The van der Waals surface area contributed by atoms with Gasteiger partial charge in [-0.3, -0.25) is 4.90 Å². The lowest BCUT2D eigenvalue weighted by atomic mass is 9.94. The quantitative estimate of drug-likeness (QED) is 0.735. The first-order valence-corrected chi connectivity index (χ1v) is 9.82. The van der Waals surface area contributed by atoms with E-state index in [0.717, 1.165) is 38.2 Å². The normalized spacial score (nSPS) is 17.2. The standard InChI is InChI=1S/C21H24ClF3N2O/c1-2-28-19-7-4-3-6-16(19)20(27-12-5-10-26-11-13-27)15-8-9-18(22)17(14-15)21(23,24)25/h3-4,6-9,14,20,26H,2,5,10-13H2,1H3. The third-order valence-electron chi connectivity index (χ3n) is 4.86. The Hall–Kier alpha value is -1.76. The van der Waals surface area contributed by atoms with Crippen molar-refractivity contribution in [3.05, 3.63) is 64.2 Å². The molecule has 1 heterocycles. The van der Waals surface area contributed by atoms with E-state index in [1.165, 1.54) is 12.1 Å². The Morgan fingerprint density at radius 3 is 2.68 bits per heavy atom. The van der Waals surface area contributed by atoms with Crippen molar-refractivity contribution < 1.29 is 17.9 Å². The van der Waals surface area contributed by atoms with Crippen LogP contribution in [0.2, 0.25) is 5.02 Å². The summed E-state index contributed by atoms with van der Waals surface area (Å²) in [5.74, 6) is 0.690. The lowest BCUT2D eigenvalue weighted by Gasteiger charge is -2.32. The molecule has 28 heavy (non-hydrogen) atoms. The van der Waals surface area contributed by atoms with Gasteiger partial charge in [0.1, 0.15) is 5.75 Å². The Labute approximate surface area is 168 Å². The summed E-state index contributed by atoms with van der Waals surface area (Å²) >= 11 is 5.86. The van der Waals surface area contributed by atoms with Crippen LogP contribution in [0.25, 0.3) is 0 Å². The highest BCUT2D eigenvalue weighted by molar-refractivity contribution is 6.31. The molecule has 0 saturated carbocycles. The molecular weight excluding hydrogens is 389 g/mol.